The van der Waals surface area contributed by atoms with E-state index in [2.05, 4.69) is 36.3 Å². The molecule has 2 amide bonds. The Labute approximate surface area is 262 Å². The minimum absolute atomic E-state index is 0.0154. The van der Waals surface area contributed by atoms with Gasteiger partial charge in [0, 0.05) is 43.4 Å². The van der Waals surface area contributed by atoms with Gasteiger partial charge < -0.3 is 24.8 Å². The zero-order chi connectivity index (χ0) is 31.5. The highest BCUT2D eigenvalue weighted by Gasteiger charge is 2.30. The molecule has 0 unspecified atom stereocenters. The van der Waals surface area contributed by atoms with Crippen LogP contribution in [0.4, 0.5) is 5.69 Å². The van der Waals surface area contributed by atoms with Gasteiger partial charge in [-0.05, 0) is 76.1 Å². The second kappa shape index (κ2) is 16.4. The van der Waals surface area contributed by atoms with Gasteiger partial charge in [0.05, 0.1) is 30.4 Å². The number of hydrogen-bond acceptors (Lipinski definition) is 6. The molecule has 4 atom stereocenters. The smallest absolute Gasteiger partial charge is 0.258 e. The fourth-order valence-electron chi connectivity index (χ4n) is 5.52. The SMILES string of the molecule is C[C@@H]1CCCCO[C@H](CN(C)Cc2ccccc2)[C@H](C)CN([C@H](C)CO)C(=O)c2cc(NC(=O)c3ccccc3)ccc2O1. The highest BCUT2D eigenvalue weighted by Crippen LogP contribution is 2.29. The van der Waals surface area contributed by atoms with Crippen molar-refractivity contribution in [3.8, 4) is 5.75 Å². The zero-order valence-electron chi connectivity index (χ0n) is 26.4. The second-order valence-electron chi connectivity index (χ2n) is 12.0. The predicted octanol–water partition coefficient (Wildman–Crippen LogP) is 5.87. The van der Waals surface area contributed by atoms with E-state index >= 15 is 0 Å². The average molecular weight is 602 g/mol. The lowest BCUT2D eigenvalue weighted by Crippen LogP contribution is -2.47. The Morgan fingerprint density at radius 2 is 1.75 bits per heavy atom. The van der Waals surface area contributed by atoms with Gasteiger partial charge in [0.2, 0.25) is 0 Å². The van der Waals surface area contributed by atoms with Gasteiger partial charge >= 0.3 is 0 Å². The Morgan fingerprint density at radius 3 is 2.45 bits per heavy atom. The molecule has 3 aromatic carbocycles. The fourth-order valence-corrected chi connectivity index (χ4v) is 5.52. The van der Waals surface area contributed by atoms with Gasteiger partial charge in [-0.25, -0.2) is 0 Å². The van der Waals surface area contributed by atoms with Crippen LogP contribution in [-0.4, -0.2) is 78.3 Å². The Balaban J connectivity index is 1.61. The van der Waals surface area contributed by atoms with Crippen molar-refractivity contribution in [1.29, 1.82) is 0 Å². The molecular formula is C36H47N3O5. The first-order valence-electron chi connectivity index (χ1n) is 15.7. The second-order valence-corrected chi connectivity index (χ2v) is 12.0. The van der Waals surface area contributed by atoms with E-state index in [0.717, 1.165) is 25.8 Å². The maximum atomic E-state index is 14.3. The molecule has 0 radical (unpaired) electrons. The van der Waals surface area contributed by atoms with Crippen molar-refractivity contribution in [3.63, 3.8) is 0 Å². The van der Waals surface area contributed by atoms with E-state index < -0.39 is 6.04 Å². The Bertz CT molecular complexity index is 1340. The molecule has 3 aromatic rings. The molecule has 0 saturated carbocycles. The van der Waals surface area contributed by atoms with Gasteiger partial charge in [-0.1, -0.05) is 55.5 Å². The van der Waals surface area contributed by atoms with Crippen molar-refractivity contribution in [2.45, 2.75) is 64.8 Å². The fraction of sp³-hybridized carbons (Fsp3) is 0.444. The van der Waals surface area contributed by atoms with Crippen LogP contribution in [-0.2, 0) is 11.3 Å². The number of rotatable bonds is 8. The van der Waals surface area contributed by atoms with E-state index in [-0.39, 0.29) is 36.5 Å². The lowest BCUT2D eigenvalue weighted by Gasteiger charge is -2.36. The van der Waals surface area contributed by atoms with Gasteiger partial charge in [0.15, 0.2) is 0 Å². The number of aliphatic hydroxyl groups is 1. The number of carbonyl (C=O) groups is 2. The topological polar surface area (TPSA) is 91.3 Å². The van der Waals surface area contributed by atoms with Crippen molar-refractivity contribution in [3.05, 3.63) is 95.6 Å². The van der Waals surface area contributed by atoms with Crippen LogP contribution in [0.1, 0.15) is 66.3 Å². The number of benzene rings is 3. The van der Waals surface area contributed by atoms with Gasteiger partial charge in [-0.3, -0.25) is 14.5 Å². The van der Waals surface area contributed by atoms with Crippen molar-refractivity contribution in [2.75, 3.05) is 38.7 Å². The molecule has 0 fully saturated rings. The summed E-state index contributed by atoms with van der Waals surface area (Å²) in [4.78, 5) is 31.2. The van der Waals surface area contributed by atoms with E-state index in [9.17, 15) is 14.7 Å². The highest BCUT2D eigenvalue weighted by atomic mass is 16.5. The number of ether oxygens (including phenoxy) is 2. The number of aliphatic hydroxyl groups excluding tert-OH is 1. The predicted molar refractivity (Wildman–Crippen MR) is 174 cm³/mol. The van der Waals surface area contributed by atoms with Gasteiger partial charge in [-0.15, -0.1) is 0 Å². The number of likely N-dealkylation sites (N-methyl/N-ethyl adjacent to an activating group) is 1. The van der Waals surface area contributed by atoms with Gasteiger partial charge in [0.25, 0.3) is 11.8 Å². The third kappa shape index (κ3) is 9.39. The van der Waals surface area contributed by atoms with Crippen LogP contribution in [0.2, 0.25) is 0 Å². The number of nitrogens with zero attached hydrogens (tertiary/aromatic N) is 2. The number of amides is 2. The highest BCUT2D eigenvalue weighted by molar-refractivity contribution is 6.05. The van der Waals surface area contributed by atoms with Crippen molar-refractivity contribution < 1.29 is 24.2 Å². The van der Waals surface area contributed by atoms with Crippen molar-refractivity contribution in [1.82, 2.24) is 9.80 Å². The minimum Gasteiger partial charge on any atom is -0.490 e. The molecule has 0 saturated heterocycles. The number of nitrogens with one attached hydrogen (secondary N) is 1. The molecule has 1 aliphatic heterocycles. The molecule has 0 aromatic heterocycles. The van der Waals surface area contributed by atoms with Crippen LogP contribution in [0.5, 0.6) is 5.75 Å². The molecule has 2 N–H and O–H groups in total. The van der Waals surface area contributed by atoms with Crippen LogP contribution < -0.4 is 10.1 Å². The maximum absolute atomic E-state index is 14.3. The van der Waals surface area contributed by atoms with Crippen molar-refractivity contribution in [2.24, 2.45) is 5.92 Å². The molecule has 1 aliphatic rings. The third-order valence-electron chi connectivity index (χ3n) is 8.13. The minimum atomic E-state index is -0.437. The first-order chi connectivity index (χ1) is 21.2. The van der Waals surface area contributed by atoms with Crippen molar-refractivity contribution >= 4 is 17.5 Å². The van der Waals surface area contributed by atoms with Gasteiger partial charge in [0.1, 0.15) is 5.75 Å². The molecule has 0 spiro atoms. The number of fused-ring (bicyclic) bond motifs is 1. The summed E-state index contributed by atoms with van der Waals surface area (Å²) in [5.41, 5.74) is 2.61. The summed E-state index contributed by atoms with van der Waals surface area (Å²) in [6.45, 7) is 8.28. The van der Waals surface area contributed by atoms with E-state index in [1.54, 1.807) is 35.2 Å². The summed E-state index contributed by atoms with van der Waals surface area (Å²) in [5.74, 6) is -0.0688. The summed E-state index contributed by atoms with van der Waals surface area (Å²) in [7, 11) is 2.09. The van der Waals surface area contributed by atoms with E-state index in [1.165, 1.54) is 5.56 Å². The molecule has 8 heteroatoms. The zero-order valence-corrected chi connectivity index (χ0v) is 26.4. The molecule has 8 nitrogen and oxygen atoms in total. The van der Waals surface area contributed by atoms with Crippen LogP contribution in [0, 0.1) is 5.92 Å². The van der Waals surface area contributed by atoms with E-state index in [0.29, 0.717) is 42.3 Å². The first-order valence-corrected chi connectivity index (χ1v) is 15.7. The average Bonchev–Trinajstić information content (AvgIpc) is 3.03. The number of anilines is 1. The van der Waals surface area contributed by atoms with E-state index in [4.69, 9.17) is 9.47 Å². The summed E-state index contributed by atoms with van der Waals surface area (Å²) in [6, 6.07) is 24.1. The third-order valence-corrected chi connectivity index (χ3v) is 8.13. The molecule has 0 bridgehead atoms. The summed E-state index contributed by atoms with van der Waals surface area (Å²) in [5, 5.41) is 13.1. The molecule has 236 valence electrons. The maximum Gasteiger partial charge on any atom is 0.258 e. The molecule has 4 rings (SSSR count). The molecule has 44 heavy (non-hydrogen) atoms. The standard InChI is InChI=1S/C36H47N3O5/c1-26-22-39(27(2)25-40)36(42)32-21-31(37-35(41)30-16-9-6-10-17-30)18-19-33(32)44-28(3)13-11-12-20-43-34(26)24-38(4)23-29-14-7-5-8-15-29/h5-10,14-19,21,26-28,34,40H,11-13,20,22-25H2,1-4H3,(H,37,41)/t26-,27-,28-,34-/m1/s1. The lowest BCUT2D eigenvalue weighted by molar-refractivity contribution is -0.0177. The summed E-state index contributed by atoms with van der Waals surface area (Å²) < 4.78 is 12.8. The number of carbonyl (C=O) groups excluding carboxylic acids is 2. The summed E-state index contributed by atoms with van der Waals surface area (Å²) in [6.07, 6.45) is 2.42. The monoisotopic (exact) mass is 601 g/mol. The lowest BCUT2D eigenvalue weighted by atomic mass is 10.0. The summed E-state index contributed by atoms with van der Waals surface area (Å²) >= 11 is 0. The molecular weight excluding hydrogens is 554 g/mol. The van der Waals surface area contributed by atoms with Crippen LogP contribution in [0.15, 0.2) is 78.9 Å². The quantitative estimate of drug-likeness (QED) is 0.336. The Kier molecular flexibility index (Phi) is 12.4. The normalized spacial score (nSPS) is 20.7. The first kappa shape index (κ1) is 33.2. The number of hydrogen-bond donors (Lipinski definition) is 2. The Hall–Kier alpha value is -3.72. The molecule has 0 aliphatic carbocycles. The van der Waals surface area contributed by atoms with Crippen LogP contribution in [0.3, 0.4) is 0 Å². The molecule has 1 heterocycles. The Morgan fingerprint density at radius 1 is 1.05 bits per heavy atom. The van der Waals surface area contributed by atoms with Crippen LogP contribution in [0.25, 0.3) is 0 Å². The van der Waals surface area contributed by atoms with Gasteiger partial charge in [-0.2, -0.15) is 0 Å². The van der Waals surface area contributed by atoms with Crippen LogP contribution >= 0.6 is 0 Å². The van der Waals surface area contributed by atoms with E-state index in [1.807, 2.05) is 50.2 Å². The largest absolute Gasteiger partial charge is 0.490 e.